The van der Waals surface area contributed by atoms with E-state index in [1.165, 1.54) is 17.8 Å². The van der Waals surface area contributed by atoms with Gasteiger partial charge in [0.2, 0.25) is 0 Å². The number of halogens is 1. The average Bonchev–Trinajstić information content (AvgIpc) is 3.09. The Morgan fingerprint density at radius 1 is 1.38 bits per heavy atom. The molecule has 3 rings (SSSR count). The van der Waals surface area contributed by atoms with Crippen LogP contribution in [0.1, 0.15) is 35.7 Å². The lowest BCUT2D eigenvalue weighted by molar-refractivity contribution is 0.238. The molecule has 108 valence electrons. The highest BCUT2D eigenvalue weighted by Gasteiger charge is 2.28. The SMILES string of the molecule is Cn1cccc1[C@@H]1CCCN1Cc1cc(C#N)ccc1F. The van der Waals surface area contributed by atoms with E-state index in [-0.39, 0.29) is 5.82 Å². The third-order valence-electron chi connectivity index (χ3n) is 4.24. The highest BCUT2D eigenvalue weighted by molar-refractivity contribution is 5.34. The first-order valence-corrected chi connectivity index (χ1v) is 7.23. The Morgan fingerprint density at radius 3 is 2.95 bits per heavy atom. The van der Waals surface area contributed by atoms with E-state index in [9.17, 15) is 4.39 Å². The van der Waals surface area contributed by atoms with Crippen LogP contribution in [-0.2, 0) is 13.6 Å². The molecule has 4 heteroatoms. The number of rotatable bonds is 3. The maximum absolute atomic E-state index is 14.0. The lowest BCUT2D eigenvalue weighted by Crippen LogP contribution is -2.24. The van der Waals surface area contributed by atoms with E-state index in [0.29, 0.717) is 23.7 Å². The van der Waals surface area contributed by atoms with Crippen molar-refractivity contribution < 1.29 is 4.39 Å². The second-order valence-electron chi connectivity index (χ2n) is 5.59. The molecule has 3 nitrogen and oxygen atoms in total. The first kappa shape index (κ1) is 13.8. The van der Waals surface area contributed by atoms with E-state index in [4.69, 9.17) is 5.26 Å². The van der Waals surface area contributed by atoms with Crippen molar-refractivity contribution in [2.75, 3.05) is 6.54 Å². The van der Waals surface area contributed by atoms with Crippen LogP contribution in [0.25, 0.3) is 0 Å². The molecule has 21 heavy (non-hydrogen) atoms. The van der Waals surface area contributed by atoms with Gasteiger partial charge in [0.1, 0.15) is 5.82 Å². The van der Waals surface area contributed by atoms with Crippen molar-refractivity contribution in [3.63, 3.8) is 0 Å². The highest BCUT2D eigenvalue weighted by Crippen LogP contribution is 2.33. The lowest BCUT2D eigenvalue weighted by atomic mass is 10.1. The van der Waals surface area contributed by atoms with Gasteiger partial charge in [-0.2, -0.15) is 5.26 Å². The molecule has 1 aromatic heterocycles. The van der Waals surface area contributed by atoms with E-state index < -0.39 is 0 Å². The summed E-state index contributed by atoms with van der Waals surface area (Å²) in [6.07, 6.45) is 4.26. The lowest BCUT2D eigenvalue weighted by Gasteiger charge is -2.25. The van der Waals surface area contributed by atoms with Crippen molar-refractivity contribution >= 4 is 0 Å². The van der Waals surface area contributed by atoms with Crippen molar-refractivity contribution in [2.24, 2.45) is 7.05 Å². The second kappa shape index (κ2) is 5.71. The first-order chi connectivity index (χ1) is 10.2. The number of benzene rings is 1. The van der Waals surface area contributed by atoms with Gasteiger partial charge in [-0.1, -0.05) is 0 Å². The largest absolute Gasteiger partial charge is 0.353 e. The molecular weight excluding hydrogens is 265 g/mol. The second-order valence-corrected chi connectivity index (χ2v) is 5.59. The van der Waals surface area contributed by atoms with Gasteiger partial charge in [0.25, 0.3) is 0 Å². The predicted molar refractivity (Wildman–Crippen MR) is 78.9 cm³/mol. The zero-order chi connectivity index (χ0) is 14.8. The molecule has 1 atom stereocenters. The maximum atomic E-state index is 14.0. The third-order valence-corrected chi connectivity index (χ3v) is 4.24. The summed E-state index contributed by atoms with van der Waals surface area (Å²) in [5, 5.41) is 8.96. The minimum atomic E-state index is -0.230. The Morgan fingerprint density at radius 2 is 2.24 bits per heavy atom. The van der Waals surface area contributed by atoms with Crippen LogP contribution < -0.4 is 0 Å². The summed E-state index contributed by atoms with van der Waals surface area (Å²) in [5.41, 5.74) is 2.39. The van der Waals surface area contributed by atoms with Crippen LogP contribution >= 0.6 is 0 Å². The van der Waals surface area contributed by atoms with Crippen molar-refractivity contribution in [3.05, 3.63) is 59.2 Å². The van der Waals surface area contributed by atoms with Gasteiger partial charge in [0.15, 0.2) is 0 Å². The van der Waals surface area contributed by atoms with E-state index in [0.717, 1.165) is 19.4 Å². The topological polar surface area (TPSA) is 32.0 Å². The quantitative estimate of drug-likeness (QED) is 0.865. The van der Waals surface area contributed by atoms with Gasteiger partial charge in [0.05, 0.1) is 17.7 Å². The Labute approximate surface area is 124 Å². The summed E-state index contributed by atoms with van der Waals surface area (Å²) in [5.74, 6) is -0.230. The highest BCUT2D eigenvalue weighted by atomic mass is 19.1. The summed E-state index contributed by atoms with van der Waals surface area (Å²) < 4.78 is 16.1. The first-order valence-electron chi connectivity index (χ1n) is 7.23. The molecule has 1 saturated heterocycles. The van der Waals surface area contributed by atoms with E-state index in [1.807, 2.05) is 19.3 Å². The number of hydrogen-bond donors (Lipinski definition) is 0. The molecule has 1 fully saturated rings. The van der Waals surface area contributed by atoms with Gasteiger partial charge in [-0.15, -0.1) is 0 Å². The van der Waals surface area contributed by atoms with Gasteiger partial charge in [-0.05, 0) is 49.7 Å². The Bertz CT molecular complexity index is 684. The van der Waals surface area contributed by atoms with Crippen LogP contribution in [-0.4, -0.2) is 16.0 Å². The molecular formula is C17H18FN3. The summed E-state index contributed by atoms with van der Waals surface area (Å²) >= 11 is 0. The number of aromatic nitrogens is 1. The predicted octanol–water partition coefficient (Wildman–Crippen LogP) is 3.37. The number of nitriles is 1. The minimum Gasteiger partial charge on any atom is -0.353 e. The zero-order valence-electron chi connectivity index (χ0n) is 12.1. The smallest absolute Gasteiger partial charge is 0.127 e. The van der Waals surface area contributed by atoms with E-state index in [1.54, 1.807) is 6.07 Å². The fourth-order valence-electron chi connectivity index (χ4n) is 3.16. The standard InChI is InChI=1S/C17H18FN3/c1-20-8-2-4-16(20)17-5-3-9-21(17)12-14-10-13(11-19)6-7-15(14)18/h2,4,6-8,10,17H,3,5,9,12H2,1H3/t17-/m0/s1. The van der Waals surface area contributed by atoms with Gasteiger partial charge in [-0.3, -0.25) is 4.90 Å². The Kier molecular flexibility index (Phi) is 3.76. The molecule has 1 aromatic carbocycles. The molecule has 0 bridgehead atoms. The zero-order valence-corrected chi connectivity index (χ0v) is 12.1. The Balaban J connectivity index is 1.84. The molecule has 0 unspecified atom stereocenters. The van der Waals surface area contributed by atoms with Crippen LogP contribution in [0.2, 0.25) is 0 Å². The monoisotopic (exact) mass is 283 g/mol. The van der Waals surface area contributed by atoms with Crippen molar-refractivity contribution in [2.45, 2.75) is 25.4 Å². The van der Waals surface area contributed by atoms with Crippen molar-refractivity contribution in [1.82, 2.24) is 9.47 Å². The van der Waals surface area contributed by atoms with Crippen molar-refractivity contribution in [1.29, 1.82) is 5.26 Å². The Hall–Kier alpha value is -2.12. The molecule has 0 amide bonds. The summed E-state index contributed by atoms with van der Waals surface area (Å²) in [7, 11) is 2.04. The van der Waals surface area contributed by atoms with E-state index in [2.05, 4.69) is 21.6 Å². The summed E-state index contributed by atoms with van der Waals surface area (Å²) in [6.45, 7) is 1.52. The number of aryl methyl sites for hydroxylation is 1. The van der Waals surface area contributed by atoms with Crippen LogP contribution in [0.15, 0.2) is 36.5 Å². The fraction of sp³-hybridized carbons (Fsp3) is 0.353. The molecule has 2 heterocycles. The summed E-state index contributed by atoms with van der Waals surface area (Å²) in [6, 6.07) is 11.2. The summed E-state index contributed by atoms with van der Waals surface area (Å²) in [4.78, 5) is 2.30. The average molecular weight is 283 g/mol. The molecule has 1 aliphatic rings. The van der Waals surface area contributed by atoms with Crippen LogP contribution in [0.3, 0.4) is 0 Å². The van der Waals surface area contributed by atoms with Gasteiger partial charge < -0.3 is 4.57 Å². The molecule has 0 radical (unpaired) electrons. The number of nitrogens with zero attached hydrogens (tertiary/aromatic N) is 3. The van der Waals surface area contributed by atoms with Gasteiger partial charge in [0, 0.05) is 31.0 Å². The molecule has 0 N–H and O–H groups in total. The molecule has 0 aliphatic carbocycles. The van der Waals surface area contributed by atoms with E-state index >= 15 is 0 Å². The third kappa shape index (κ3) is 2.70. The van der Waals surface area contributed by atoms with Gasteiger partial charge in [-0.25, -0.2) is 4.39 Å². The van der Waals surface area contributed by atoms with Gasteiger partial charge >= 0.3 is 0 Å². The molecule has 1 aliphatic heterocycles. The normalized spacial score (nSPS) is 18.8. The van der Waals surface area contributed by atoms with Crippen molar-refractivity contribution in [3.8, 4) is 6.07 Å². The van der Waals surface area contributed by atoms with Crippen LogP contribution in [0, 0.1) is 17.1 Å². The molecule has 0 saturated carbocycles. The fourth-order valence-corrected chi connectivity index (χ4v) is 3.16. The molecule has 2 aromatic rings. The maximum Gasteiger partial charge on any atom is 0.127 e. The number of likely N-dealkylation sites (tertiary alicyclic amines) is 1. The van der Waals surface area contributed by atoms with Crippen LogP contribution in [0.4, 0.5) is 4.39 Å². The van der Waals surface area contributed by atoms with Crippen LogP contribution in [0.5, 0.6) is 0 Å². The minimum absolute atomic E-state index is 0.230. The molecule has 0 spiro atoms. The number of hydrogen-bond acceptors (Lipinski definition) is 2.